The van der Waals surface area contributed by atoms with Crippen LogP contribution in [-0.4, -0.2) is 40.8 Å². The van der Waals surface area contributed by atoms with Crippen molar-refractivity contribution in [1.29, 1.82) is 0 Å². The molecule has 0 saturated carbocycles. The third-order valence-corrected chi connectivity index (χ3v) is 3.92. The largest absolute Gasteiger partial charge is 0.350 e. The highest BCUT2D eigenvalue weighted by molar-refractivity contribution is 5.94. The summed E-state index contributed by atoms with van der Waals surface area (Å²) in [4.78, 5) is 19.1. The Morgan fingerprint density at radius 1 is 1.20 bits per heavy atom. The molecule has 0 aliphatic heterocycles. The number of pyridine rings is 1. The van der Waals surface area contributed by atoms with E-state index < -0.39 is 0 Å². The molecule has 3 aromatic rings. The molecule has 0 saturated heterocycles. The molecular formula is C19H21FN4O. The first-order valence-corrected chi connectivity index (χ1v) is 8.18. The van der Waals surface area contributed by atoms with Crippen molar-refractivity contribution in [3.05, 3.63) is 71.4 Å². The van der Waals surface area contributed by atoms with Gasteiger partial charge in [-0.05, 0) is 50.3 Å². The van der Waals surface area contributed by atoms with Gasteiger partial charge in [0.2, 0.25) is 0 Å². The van der Waals surface area contributed by atoms with Crippen LogP contribution in [0.2, 0.25) is 0 Å². The summed E-state index contributed by atoms with van der Waals surface area (Å²) in [6.45, 7) is 1.09. The highest BCUT2D eigenvalue weighted by Crippen LogP contribution is 2.14. The van der Waals surface area contributed by atoms with Gasteiger partial charge < -0.3 is 14.6 Å². The number of benzene rings is 1. The lowest BCUT2D eigenvalue weighted by Gasteiger charge is -2.11. The van der Waals surface area contributed by atoms with Gasteiger partial charge in [-0.15, -0.1) is 0 Å². The first kappa shape index (κ1) is 17.1. The minimum atomic E-state index is -0.259. The second-order valence-corrected chi connectivity index (χ2v) is 6.21. The molecule has 1 amide bonds. The van der Waals surface area contributed by atoms with Crippen molar-refractivity contribution in [1.82, 2.24) is 19.6 Å². The Kier molecular flexibility index (Phi) is 5.09. The Morgan fingerprint density at radius 3 is 2.68 bits per heavy atom. The van der Waals surface area contributed by atoms with Crippen LogP contribution in [0, 0.1) is 5.82 Å². The molecule has 0 fully saturated rings. The van der Waals surface area contributed by atoms with Crippen LogP contribution < -0.4 is 5.32 Å². The first-order chi connectivity index (χ1) is 12.0. The highest BCUT2D eigenvalue weighted by Gasteiger charge is 2.18. The fourth-order valence-electron chi connectivity index (χ4n) is 2.73. The van der Waals surface area contributed by atoms with Crippen LogP contribution in [0.5, 0.6) is 0 Å². The van der Waals surface area contributed by atoms with E-state index in [0.29, 0.717) is 25.2 Å². The summed E-state index contributed by atoms with van der Waals surface area (Å²) in [7, 11) is 3.91. The third kappa shape index (κ3) is 4.03. The van der Waals surface area contributed by atoms with Gasteiger partial charge in [0.05, 0.1) is 5.69 Å². The number of fused-ring (bicyclic) bond motifs is 1. The van der Waals surface area contributed by atoms with Crippen molar-refractivity contribution in [2.75, 3.05) is 20.6 Å². The molecule has 0 aliphatic rings. The fraction of sp³-hybridized carbons (Fsp3) is 0.263. The minimum absolute atomic E-state index is 0.192. The van der Waals surface area contributed by atoms with E-state index in [0.717, 1.165) is 16.9 Å². The molecule has 2 aromatic heterocycles. The number of carbonyl (C=O) groups is 1. The predicted octanol–water partition coefficient (Wildman–Crippen LogP) is 2.51. The number of amides is 1. The average Bonchev–Trinajstić information content (AvgIpc) is 2.95. The van der Waals surface area contributed by atoms with Crippen LogP contribution in [0.1, 0.15) is 21.7 Å². The summed E-state index contributed by atoms with van der Waals surface area (Å²) in [5, 5.41) is 2.91. The summed E-state index contributed by atoms with van der Waals surface area (Å²) in [5.41, 5.74) is 3.03. The summed E-state index contributed by atoms with van der Waals surface area (Å²) in [6, 6.07) is 12.0. The Morgan fingerprint density at radius 2 is 1.96 bits per heavy atom. The zero-order valence-corrected chi connectivity index (χ0v) is 14.4. The molecule has 0 aliphatic carbocycles. The van der Waals surface area contributed by atoms with E-state index in [4.69, 9.17) is 0 Å². The van der Waals surface area contributed by atoms with E-state index in [1.54, 1.807) is 12.1 Å². The quantitative estimate of drug-likeness (QED) is 0.750. The van der Waals surface area contributed by atoms with Crippen molar-refractivity contribution >= 4 is 11.6 Å². The molecule has 0 bridgehead atoms. The van der Waals surface area contributed by atoms with Gasteiger partial charge in [-0.3, -0.25) is 4.79 Å². The number of carbonyl (C=O) groups excluding carboxylic acids is 1. The molecular weight excluding hydrogens is 319 g/mol. The van der Waals surface area contributed by atoms with E-state index in [2.05, 4.69) is 10.3 Å². The van der Waals surface area contributed by atoms with Gasteiger partial charge in [-0.1, -0.05) is 18.2 Å². The number of hydrogen-bond acceptors (Lipinski definition) is 3. The van der Waals surface area contributed by atoms with Gasteiger partial charge in [-0.2, -0.15) is 0 Å². The molecule has 0 radical (unpaired) electrons. The zero-order chi connectivity index (χ0) is 17.8. The maximum absolute atomic E-state index is 12.9. The molecule has 6 heteroatoms. The highest BCUT2D eigenvalue weighted by atomic mass is 19.1. The number of nitrogens with one attached hydrogen (secondary N) is 1. The minimum Gasteiger partial charge on any atom is -0.350 e. The number of rotatable bonds is 6. The van der Waals surface area contributed by atoms with Crippen molar-refractivity contribution in [2.45, 2.75) is 13.0 Å². The van der Waals surface area contributed by atoms with E-state index >= 15 is 0 Å². The number of halogens is 1. The lowest BCUT2D eigenvalue weighted by Crippen LogP contribution is -2.28. The summed E-state index contributed by atoms with van der Waals surface area (Å²) in [5.74, 6) is -0.450. The van der Waals surface area contributed by atoms with Gasteiger partial charge in [0.15, 0.2) is 5.69 Å². The molecule has 0 unspecified atom stereocenters. The molecule has 2 heterocycles. The van der Waals surface area contributed by atoms with E-state index in [-0.39, 0.29) is 11.7 Å². The smallest absolute Gasteiger partial charge is 0.271 e. The Hall–Kier alpha value is -2.73. The average molecular weight is 340 g/mol. The Bertz CT molecular complexity index is 871. The number of hydrogen-bond donors (Lipinski definition) is 1. The summed E-state index contributed by atoms with van der Waals surface area (Å²) < 4.78 is 14.9. The number of imidazole rings is 1. The molecule has 1 aromatic carbocycles. The summed E-state index contributed by atoms with van der Waals surface area (Å²) in [6.07, 6.45) is 2.55. The van der Waals surface area contributed by atoms with Crippen molar-refractivity contribution in [2.24, 2.45) is 0 Å². The van der Waals surface area contributed by atoms with Gasteiger partial charge in [0.1, 0.15) is 11.5 Å². The summed E-state index contributed by atoms with van der Waals surface area (Å²) >= 11 is 0. The molecule has 0 spiro atoms. The van der Waals surface area contributed by atoms with Crippen LogP contribution in [-0.2, 0) is 13.0 Å². The second-order valence-electron chi connectivity index (χ2n) is 6.21. The fourth-order valence-corrected chi connectivity index (χ4v) is 2.73. The van der Waals surface area contributed by atoms with E-state index in [9.17, 15) is 9.18 Å². The number of nitrogens with zero attached hydrogens (tertiary/aromatic N) is 3. The third-order valence-electron chi connectivity index (χ3n) is 3.92. The van der Waals surface area contributed by atoms with Crippen LogP contribution in [0.15, 0.2) is 48.7 Å². The maximum Gasteiger partial charge on any atom is 0.271 e. The molecule has 5 nitrogen and oxygen atoms in total. The molecule has 0 atom stereocenters. The van der Waals surface area contributed by atoms with Crippen molar-refractivity contribution < 1.29 is 9.18 Å². The van der Waals surface area contributed by atoms with Crippen LogP contribution in [0.25, 0.3) is 5.65 Å². The first-order valence-electron chi connectivity index (χ1n) is 8.18. The van der Waals surface area contributed by atoms with E-state index in [1.807, 2.05) is 47.8 Å². The molecule has 25 heavy (non-hydrogen) atoms. The lowest BCUT2D eigenvalue weighted by atomic mass is 10.1. The van der Waals surface area contributed by atoms with Gasteiger partial charge in [-0.25, -0.2) is 9.37 Å². The topological polar surface area (TPSA) is 49.6 Å². The Labute approximate surface area is 146 Å². The van der Waals surface area contributed by atoms with Crippen molar-refractivity contribution in [3.63, 3.8) is 0 Å². The van der Waals surface area contributed by atoms with Crippen LogP contribution in [0.3, 0.4) is 0 Å². The molecule has 130 valence electrons. The van der Waals surface area contributed by atoms with E-state index in [1.165, 1.54) is 12.1 Å². The van der Waals surface area contributed by atoms with Gasteiger partial charge in [0, 0.05) is 19.3 Å². The lowest BCUT2D eigenvalue weighted by molar-refractivity contribution is 0.0948. The predicted molar refractivity (Wildman–Crippen MR) is 95.0 cm³/mol. The molecule has 1 N–H and O–H groups in total. The van der Waals surface area contributed by atoms with Gasteiger partial charge in [0.25, 0.3) is 5.91 Å². The number of aromatic nitrogens is 2. The monoisotopic (exact) mass is 340 g/mol. The Balaban J connectivity index is 1.73. The van der Waals surface area contributed by atoms with Crippen LogP contribution in [0.4, 0.5) is 4.39 Å². The standard InChI is InChI=1S/C19H21FN4O/c1-23(2)13-16-18(22-17-5-3-4-12-24(16)17)19(25)21-11-10-14-6-8-15(20)9-7-14/h3-9,12H,10-11,13H2,1-2H3,(H,21,25). The van der Waals surface area contributed by atoms with Crippen LogP contribution >= 0.6 is 0 Å². The molecule has 3 rings (SSSR count). The normalized spacial score (nSPS) is 11.2. The second kappa shape index (κ2) is 7.44. The zero-order valence-electron chi connectivity index (χ0n) is 14.4. The van der Waals surface area contributed by atoms with Crippen molar-refractivity contribution in [3.8, 4) is 0 Å². The van der Waals surface area contributed by atoms with Gasteiger partial charge >= 0.3 is 0 Å². The SMILES string of the molecule is CN(C)Cc1c(C(=O)NCCc2ccc(F)cc2)nc2ccccn12. The maximum atomic E-state index is 12.9.